The normalized spacial score (nSPS) is 10.6. The largest absolute Gasteiger partial charge is 0.337 e. The molecule has 0 unspecified atom stereocenters. The van der Waals surface area contributed by atoms with Crippen LogP contribution in [0.25, 0.3) is 16.9 Å². The molecule has 0 atom stereocenters. The van der Waals surface area contributed by atoms with Gasteiger partial charge in [-0.3, -0.25) is 9.59 Å². The van der Waals surface area contributed by atoms with Crippen molar-refractivity contribution in [3.8, 4) is 16.9 Å². The van der Waals surface area contributed by atoms with Gasteiger partial charge in [0, 0.05) is 54.1 Å². The average molecular weight is 459 g/mol. The van der Waals surface area contributed by atoms with Crippen LogP contribution in [0.2, 0.25) is 5.02 Å². The monoisotopic (exact) mass is 458 g/mol. The number of carbonyl (C=O) groups is 2. The van der Waals surface area contributed by atoms with Crippen LogP contribution in [0.3, 0.4) is 0 Å². The highest BCUT2D eigenvalue weighted by atomic mass is 35.5. The molecule has 7 heteroatoms. The minimum absolute atomic E-state index is 0.126. The van der Waals surface area contributed by atoms with Gasteiger partial charge in [-0.25, -0.2) is 4.68 Å². The Labute approximate surface area is 197 Å². The van der Waals surface area contributed by atoms with E-state index in [1.54, 1.807) is 36.2 Å². The number of nitrogens with one attached hydrogen (secondary N) is 1. The highest BCUT2D eigenvalue weighted by Gasteiger charge is 2.18. The van der Waals surface area contributed by atoms with Crippen LogP contribution in [0.4, 0.5) is 5.69 Å². The molecular formula is C26H23ClN4O2. The van der Waals surface area contributed by atoms with Crippen LogP contribution < -0.4 is 5.32 Å². The number of anilines is 1. The first kappa shape index (κ1) is 22.3. The number of aromatic nitrogens is 2. The minimum atomic E-state index is -0.156. The number of carbonyl (C=O) groups excluding carboxylic acids is 2. The molecule has 0 radical (unpaired) electrons. The summed E-state index contributed by atoms with van der Waals surface area (Å²) in [5, 5.41) is 8.15. The van der Waals surface area contributed by atoms with Crippen molar-refractivity contribution in [2.24, 2.45) is 0 Å². The molecule has 2 amide bonds. The van der Waals surface area contributed by atoms with Crippen LogP contribution in [0.5, 0.6) is 0 Å². The standard InChI is InChI=1S/C26H23ClN4O2/c1-18(32)28-23-14-10-20(11-15-23)26(33)30(2)16-21-17-31(24-6-4-3-5-7-24)29-25(21)19-8-12-22(27)13-9-19/h3-15,17H,16H2,1-2H3,(H,28,32). The van der Waals surface area contributed by atoms with E-state index >= 15 is 0 Å². The third kappa shape index (κ3) is 5.30. The van der Waals surface area contributed by atoms with Crippen LogP contribution in [0.15, 0.2) is 85.1 Å². The third-order valence-corrected chi connectivity index (χ3v) is 5.39. The van der Waals surface area contributed by atoms with Crippen molar-refractivity contribution in [2.75, 3.05) is 12.4 Å². The second-order valence-electron chi connectivity index (χ2n) is 7.71. The Morgan fingerprint density at radius 2 is 1.64 bits per heavy atom. The van der Waals surface area contributed by atoms with E-state index in [1.807, 2.05) is 65.5 Å². The van der Waals surface area contributed by atoms with Gasteiger partial charge in [0.15, 0.2) is 0 Å². The molecule has 1 N–H and O–H groups in total. The topological polar surface area (TPSA) is 67.2 Å². The van der Waals surface area contributed by atoms with Crippen LogP contribution in [-0.4, -0.2) is 33.5 Å². The van der Waals surface area contributed by atoms with Crippen molar-refractivity contribution < 1.29 is 9.59 Å². The summed E-state index contributed by atoms with van der Waals surface area (Å²) in [5.41, 5.74) is 4.74. The number of hydrogen-bond donors (Lipinski definition) is 1. The summed E-state index contributed by atoms with van der Waals surface area (Å²) in [4.78, 5) is 25.9. The molecule has 0 saturated carbocycles. The Kier molecular flexibility index (Phi) is 6.56. The maximum Gasteiger partial charge on any atom is 0.253 e. The Hall–Kier alpha value is -3.90. The van der Waals surface area contributed by atoms with Crippen LogP contribution in [0.1, 0.15) is 22.8 Å². The van der Waals surface area contributed by atoms with E-state index in [0.29, 0.717) is 22.8 Å². The minimum Gasteiger partial charge on any atom is -0.337 e. The highest BCUT2D eigenvalue weighted by molar-refractivity contribution is 6.30. The van der Waals surface area contributed by atoms with Gasteiger partial charge in [0.25, 0.3) is 5.91 Å². The first-order chi connectivity index (χ1) is 15.9. The van der Waals surface area contributed by atoms with E-state index in [-0.39, 0.29) is 11.8 Å². The van der Waals surface area contributed by atoms with E-state index in [0.717, 1.165) is 22.5 Å². The summed E-state index contributed by atoms with van der Waals surface area (Å²) in [6, 6.07) is 24.2. The molecule has 6 nitrogen and oxygen atoms in total. The van der Waals surface area contributed by atoms with Gasteiger partial charge < -0.3 is 10.2 Å². The molecule has 1 heterocycles. The maximum atomic E-state index is 13.0. The number of benzene rings is 3. The summed E-state index contributed by atoms with van der Waals surface area (Å²) < 4.78 is 1.82. The van der Waals surface area contributed by atoms with Crippen molar-refractivity contribution in [1.82, 2.24) is 14.7 Å². The molecule has 0 aliphatic carbocycles. The van der Waals surface area contributed by atoms with Gasteiger partial charge in [-0.05, 0) is 48.5 Å². The lowest BCUT2D eigenvalue weighted by molar-refractivity contribution is -0.114. The lowest BCUT2D eigenvalue weighted by atomic mass is 10.1. The fourth-order valence-electron chi connectivity index (χ4n) is 3.54. The number of nitrogens with zero attached hydrogens (tertiary/aromatic N) is 3. The molecule has 3 aromatic carbocycles. The number of para-hydroxylation sites is 1. The Morgan fingerprint density at radius 1 is 0.970 bits per heavy atom. The van der Waals surface area contributed by atoms with E-state index in [2.05, 4.69) is 5.32 Å². The third-order valence-electron chi connectivity index (χ3n) is 5.13. The predicted molar refractivity (Wildman–Crippen MR) is 131 cm³/mol. The lowest BCUT2D eigenvalue weighted by Crippen LogP contribution is -2.26. The zero-order chi connectivity index (χ0) is 23.4. The van der Waals surface area contributed by atoms with Gasteiger partial charge >= 0.3 is 0 Å². The molecule has 0 aliphatic heterocycles. The Balaban J connectivity index is 1.61. The SMILES string of the molecule is CC(=O)Nc1ccc(C(=O)N(C)Cc2cn(-c3ccccc3)nc2-c2ccc(Cl)cc2)cc1. The average Bonchev–Trinajstić information content (AvgIpc) is 3.23. The summed E-state index contributed by atoms with van der Waals surface area (Å²) >= 11 is 6.07. The predicted octanol–water partition coefficient (Wildman–Crippen LogP) is 5.42. The van der Waals surface area contributed by atoms with Gasteiger partial charge in [0.1, 0.15) is 0 Å². The molecule has 166 valence electrons. The van der Waals surface area contributed by atoms with Gasteiger partial charge in [0.05, 0.1) is 11.4 Å². The van der Waals surface area contributed by atoms with E-state index in [4.69, 9.17) is 16.7 Å². The van der Waals surface area contributed by atoms with E-state index in [1.165, 1.54) is 6.92 Å². The first-order valence-electron chi connectivity index (χ1n) is 10.4. The highest BCUT2D eigenvalue weighted by Crippen LogP contribution is 2.26. The summed E-state index contributed by atoms with van der Waals surface area (Å²) in [5.74, 6) is -0.282. The fraction of sp³-hybridized carbons (Fsp3) is 0.115. The maximum absolute atomic E-state index is 13.0. The van der Waals surface area contributed by atoms with Crippen molar-refractivity contribution >= 4 is 29.1 Å². The summed E-state index contributed by atoms with van der Waals surface area (Å²) in [6.07, 6.45) is 1.95. The van der Waals surface area contributed by atoms with Crippen LogP contribution in [0, 0.1) is 0 Å². The van der Waals surface area contributed by atoms with Gasteiger partial charge in [0.2, 0.25) is 5.91 Å². The molecule has 33 heavy (non-hydrogen) atoms. The van der Waals surface area contributed by atoms with E-state index in [9.17, 15) is 9.59 Å². The van der Waals surface area contributed by atoms with Crippen LogP contribution in [-0.2, 0) is 11.3 Å². The first-order valence-corrected chi connectivity index (χ1v) is 10.8. The number of amides is 2. The number of rotatable bonds is 6. The molecule has 0 spiro atoms. The van der Waals surface area contributed by atoms with E-state index < -0.39 is 0 Å². The molecule has 0 fully saturated rings. The molecule has 0 saturated heterocycles. The molecule has 1 aromatic heterocycles. The Bertz CT molecular complexity index is 1270. The second-order valence-corrected chi connectivity index (χ2v) is 8.15. The van der Waals surface area contributed by atoms with Gasteiger partial charge in [-0.2, -0.15) is 5.10 Å². The van der Waals surface area contributed by atoms with Gasteiger partial charge in [-0.1, -0.05) is 41.9 Å². The number of hydrogen-bond acceptors (Lipinski definition) is 3. The van der Waals surface area contributed by atoms with Gasteiger partial charge in [-0.15, -0.1) is 0 Å². The summed E-state index contributed by atoms with van der Waals surface area (Å²) in [7, 11) is 1.76. The lowest BCUT2D eigenvalue weighted by Gasteiger charge is -2.17. The van der Waals surface area contributed by atoms with Crippen molar-refractivity contribution in [3.05, 3.63) is 101 Å². The number of halogens is 1. The van der Waals surface area contributed by atoms with Crippen LogP contribution >= 0.6 is 11.6 Å². The molecule has 0 bridgehead atoms. The molecule has 0 aliphatic rings. The molecular weight excluding hydrogens is 436 g/mol. The summed E-state index contributed by atoms with van der Waals surface area (Å²) in [6.45, 7) is 1.82. The molecule has 4 aromatic rings. The van der Waals surface area contributed by atoms with Crippen molar-refractivity contribution in [2.45, 2.75) is 13.5 Å². The second kappa shape index (κ2) is 9.71. The quantitative estimate of drug-likeness (QED) is 0.419. The fourth-order valence-corrected chi connectivity index (χ4v) is 3.66. The zero-order valence-corrected chi connectivity index (χ0v) is 19.1. The van der Waals surface area contributed by atoms with Crippen molar-refractivity contribution in [3.63, 3.8) is 0 Å². The Morgan fingerprint density at radius 3 is 2.27 bits per heavy atom. The van der Waals surface area contributed by atoms with Crippen molar-refractivity contribution in [1.29, 1.82) is 0 Å². The smallest absolute Gasteiger partial charge is 0.253 e. The molecule has 4 rings (SSSR count). The zero-order valence-electron chi connectivity index (χ0n) is 18.3.